The van der Waals surface area contributed by atoms with Crippen molar-refractivity contribution in [2.45, 2.75) is 70.2 Å². The summed E-state index contributed by atoms with van der Waals surface area (Å²) in [5, 5.41) is 5.04. The zero-order valence-corrected chi connectivity index (χ0v) is 27.9. The van der Waals surface area contributed by atoms with Gasteiger partial charge in [-0.05, 0) is 74.0 Å². The summed E-state index contributed by atoms with van der Waals surface area (Å²) in [6, 6.07) is 15.3. The lowest BCUT2D eigenvalue weighted by atomic mass is 9.81. The van der Waals surface area contributed by atoms with E-state index in [0.717, 1.165) is 46.4 Å². The molecule has 2 fully saturated rings. The van der Waals surface area contributed by atoms with Crippen molar-refractivity contribution in [2.24, 2.45) is 10.9 Å². The van der Waals surface area contributed by atoms with E-state index in [-0.39, 0.29) is 40.3 Å². The van der Waals surface area contributed by atoms with Crippen molar-refractivity contribution in [2.75, 3.05) is 27.2 Å². The number of amidine groups is 1. The molecule has 4 heterocycles. The van der Waals surface area contributed by atoms with Crippen LogP contribution in [0.25, 0.3) is 0 Å². The number of amides is 2. The molecule has 0 spiro atoms. The highest BCUT2D eigenvalue weighted by Gasteiger charge is 2.65. The van der Waals surface area contributed by atoms with Crippen molar-refractivity contribution in [3.8, 4) is 0 Å². The molecule has 2 amide bonds. The number of hydrogen-bond acceptors (Lipinski definition) is 6. The predicted octanol–water partition coefficient (Wildman–Crippen LogP) is 6.19. The molecule has 1 unspecified atom stereocenters. The fourth-order valence-electron chi connectivity index (χ4n) is 7.92. The Hall–Kier alpha value is -2.36. The van der Waals surface area contributed by atoms with Gasteiger partial charge in [-0.2, -0.15) is 0 Å². The second kappa shape index (κ2) is 11.2. The number of likely N-dealkylation sites (N-methyl/N-ethyl adjacent to an activating group) is 2. The molecule has 0 aliphatic carbocycles. The minimum atomic E-state index is -0.635. The number of nitrogens with one attached hydrogen (secondary N) is 1. The quantitative estimate of drug-likeness (QED) is 0.382. The molecular formula is C33H40Cl2N5O2S+. The van der Waals surface area contributed by atoms with Crippen molar-refractivity contribution in [3.05, 3.63) is 80.3 Å². The highest BCUT2D eigenvalue weighted by Crippen LogP contribution is 2.57. The highest BCUT2D eigenvalue weighted by atomic mass is 35.5. The molecule has 10 heteroatoms. The molecule has 0 aromatic heterocycles. The summed E-state index contributed by atoms with van der Waals surface area (Å²) in [4.78, 5) is 39.3. The number of hydrogen-bond donors (Lipinski definition) is 1. The number of carbonyl (C=O) groups is 2. The van der Waals surface area contributed by atoms with Crippen LogP contribution in [0, 0.1) is 5.92 Å². The van der Waals surface area contributed by atoms with Gasteiger partial charge in [-0.1, -0.05) is 61.3 Å². The lowest BCUT2D eigenvalue weighted by Gasteiger charge is -2.52. The maximum atomic E-state index is 15.2. The fourth-order valence-corrected chi connectivity index (χ4v) is 9.58. The van der Waals surface area contributed by atoms with E-state index in [9.17, 15) is 4.79 Å². The first kappa shape index (κ1) is 30.7. The largest absolute Gasteiger partial charge is 0.355 e. The van der Waals surface area contributed by atoms with E-state index < -0.39 is 11.6 Å². The second-order valence-corrected chi connectivity index (χ2v) is 14.8. The highest BCUT2D eigenvalue weighted by molar-refractivity contribution is 8.18. The molecule has 2 saturated heterocycles. The number of likely N-dealkylation sites (tertiary alicyclic amines) is 2. The van der Waals surface area contributed by atoms with E-state index in [2.05, 4.69) is 62.0 Å². The first-order valence-corrected chi connectivity index (χ1v) is 16.7. The molecule has 4 aliphatic heterocycles. The zero-order valence-electron chi connectivity index (χ0n) is 25.6. The standard InChI is InChI=1S/C33H39Cl2N5O2S/c1-19(2)27-28(31(42)40(25-17-38(6)18-25)20(3)7-16-26(40)30(41)36-5)43-32-37-33(4,22-10-14-24(35)15-11-22)29(39(27)32)21-8-12-23(34)13-9-21/h8-15,19-20,25-26,29H,7,16-18H2,1-6H3/p+1/t20-,26+,29-,33+,40?/m1/s1. The molecule has 0 saturated carbocycles. The van der Waals surface area contributed by atoms with E-state index in [0.29, 0.717) is 16.5 Å². The van der Waals surface area contributed by atoms with Gasteiger partial charge in [-0.15, -0.1) is 0 Å². The van der Waals surface area contributed by atoms with Gasteiger partial charge in [0, 0.05) is 35.6 Å². The van der Waals surface area contributed by atoms with Gasteiger partial charge < -0.3 is 10.2 Å². The Labute approximate surface area is 268 Å². The van der Waals surface area contributed by atoms with Crippen molar-refractivity contribution < 1.29 is 14.1 Å². The van der Waals surface area contributed by atoms with Gasteiger partial charge in [0.25, 0.3) is 5.91 Å². The zero-order chi connectivity index (χ0) is 30.8. The van der Waals surface area contributed by atoms with Crippen LogP contribution < -0.4 is 5.32 Å². The molecule has 2 aromatic carbocycles. The Bertz CT molecular complexity index is 1500. The Morgan fingerprint density at radius 3 is 2.21 bits per heavy atom. The van der Waals surface area contributed by atoms with Gasteiger partial charge >= 0.3 is 5.91 Å². The van der Waals surface area contributed by atoms with Crippen LogP contribution in [0.2, 0.25) is 10.0 Å². The minimum Gasteiger partial charge on any atom is -0.354 e. The monoisotopic (exact) mass is 640 g/mol. The third-order valence-electron chi connectivity index (χ3n) is 10.0. The van der Waals surface area contributed by atoms with Gasteiger partial charge in [-0.3, -0.25) is 9.69 Å². The third-order valence-corrected chi connectivity index (χ3v) is 11.6. The Morgan fingerprint density at radius 1 is 1.05 bits per heavy atom. The van der Waals surface area contributed by atoms with Gasteiger partial charge in [0.2, 0.25) is 0 Å². The SMILES string of the molecule is CNC(=O)[C@@H]1CC[C@@H](C)[N+]1(C(=O)C1=C(C(C)C)N2C(=N[C@@](C)(c3ccc(Cl)cc3)[C@H]2c2ccc(Cl)cc2)S1)C1CN(C)C1. The lowest BCUT2D eigenvalue weighted by Crippen LogP contribution is -2.76. The van der Waals surface area contributed by atoms with Crippen molar-refractivity contribution in [1.82, 2.24) is 15.1 Å². The molecule has 228 valence electrons. The summed E-state index contributed by atoms with van der Waals surface area (Å²) in [5.74, 6) is 0.0571. The van der Waals surface area contributed by atoms with Crippen LogP contribution in [-0.4, -0.2) is 76.6 Å². The number of fused-ring (bicyclic) bond motifs is 1. The summed E-state index contributed by atoms with van der Waals surface area (Å²) in [6.45, 7) is 10.2. The molecule has 0 radical (unpaired) electrons. The van der Waals surface area contributed by atoms with E-state index in [1.165, 1.54) is 11.8 Å². The smallest absolute Gasteiger partial charge is 0.354 e. The number of halogens is 2. The van der Waals surface area contributed by atoms with Gasteiger partial charge in [-0.25, -0.2) is 14.3 Å². The van der Waals surface area contributed by atoms with E-state index in [1.54, 1.807) is 7.05 Å². The van der Waals surface area contributed by atoms with Crippen molar-refractivity contribution >= 4 is 51.9 Å². The van der Waals surface area contributed by atoms with E-state index >= 15 is 4.79 Å². The number of rotatable bonds is 6. The number of allylic oxidation sites excluding steroid dienone is 1. The normalized spacial score (nSPS) is 31.0. The molecule has 6 rings (SSSR count). The summed E-state index contributed by atoms with van der Waals surface area (Å²) in [5.41, 5.74) is 2.45. The van der Waals surface area contributed by atoms with Gasteiger partial charge in [0.15, 0.2) is 11.2 Å². The molecule has 0 bridgehead atoms. The molecule has 5 atom stereocenters. The molecule has 2 aromatic rings. The van der Waals surface area contributed by atoms with E-state index in [1.807, 2.05) is 36.4 Å². The summed E-state index contributed by atoms with van der Waals surface area (Å²) in [6.07, 6.45) is 1.54. The van der Waals surface area contributed by atoms with Crippen LogP contribution in [0.5, 0.6) is 0 Å². The lowest BCUT2D eigenvalue weighted by molar-refractivity contribution is -0.906. The maximum Gasteiger partial charge on any atom is 0.355 e. The van der Waals surface area contributed by atoms with Crippen molar-refractivity contribution in [3.63, 3.8) is 0 Å². The summed E-state index contributed by atoms with van der Waals surface area (Å²) >= 11 is 14.1. The first-order valence-electron chi connectivity index (χ1n) is 15.1. The summed E-state index contributed by atoms with van der Waals surface area (Å²) < 4.78 is 0.184. The Balaban J connectivity index is 1.51. The maximum absolute atomic E-state index is 15.2. The fraction of sp³-hybridized carbons (Fsp3) is 0.485. The van der Waals surface area contributed by atoms with Crippen LogP contribution >= 0.6 is 35.0 Å². The molecule has 1 N–H and O–H groups in total. The van der Waals surface area contributed by atoms with Crippen LogP contribution in [0.1, 0.15) is 57.7 Å². The van der Waals surface area contributed by atoms with Crippen molar-refractivity contribution in [1.29, 1.82) is 0 Å². The first-order chi connectivity index (χ1) is 20.4. The Morgan fingerprint density at radius 2 is 1.65 bits per heavy atom. The number of nitrogens with zero attached hydrogens (tertiary/aromatic N) is 4. The average molecular weight is 642 g/mol. The number of carbonyl (C=O) groups excluding carboxylic acids is 2. The van der Waals surface area contributed by atoms with Gasteiger partial charge in [0.05, 0.1) is 25.2 Å². The molecular weight excluding hydrogens is 601 g/mol. The predicted molar refractivity (Wildman–Crippen MR) is 175 cm³/mol. The van der Waals surface area contributed by atoms with Crippen LogP contribution in [0.4, 0.5) is 0 Å². The molecule has 4 aliphatic rings. The second-order valence-electron chi connectivity index (χ2n) is 12.9. The number of benzene rings is 2. The molecule has 43 heavy (non-hydrogen) atoms. The molecule has 7 nitrogen and oxygen atoms in total. The number of aliphatic imine (C=N–C) groups is 1. The number of thioether (sulfide) groups is 1. The van der Waals surface area contributed by atoms with Gasteiger partial charge in [0.1, 0.15) is 16.5 Å². The number of quaternary nitrogens is 1. The van der Waals surface area contributed by atoms with E-state index in [4.69, 9.17) is 28.2 Å². The minimum absolute atomic E-state index is 0.0405. The Kier molecular flexibility index (Phi) is 8.00. The average Bonchev–Trinajstić information content (AvgIpc) is 3.59. The van der Waals surface area contributed by atoms with Crippen LogP contribution in [0.3, 0.4) is 0 Å². The van der Waals surface area contributed by atoms with Crippen LogP contribution in [-0.2, 0) is 15.1 Å². The topological polar surface area (TPSA) is 65.0 Å². The summed E-state index contributed by atoms with van der Waals surface area (Å²) in [7, 11) is 3.76. The third kappa shape index (κ3) is 4.67. The van der Waals surface area contributed by atoms with Crippen LogP contribution in [0.15, 0.2) is 64.1 Å².